The molecule has 0 spiro atoms. The van der Waals surface area contributed by atoms with Crippen molar-refractivity contribution >= 4 is 27.9 Å². The van der Waals surface area contributed by atoms with Crippen LogP contribution in [0.2, 0.25) is 0 Å². The van der Waals surface area contributed by atoms with Gasteiger partial charge in [0.2, 0.25) is 10.0 Å². The Hall–Kier alpha value is -1.89. The van der Waals surface area contributed by atoms with Crippen LogP contribution in [0.15, 0.2) is 24.3 Å². The molecule has 2 rings (SSSR count). The second kappa shape index (κ2) is 6.71. The molecule has 21 heavy (non-hydrogen) atoms. The number of sulfonamides is 1. The number of anilines is 1. The molecule has 0 saturated heterocycles. The lowest BCUT2D eigenvalue weighted by Crippen LogP contribution is -2.30. The fourth-order valence-electron chi connectivity index (χ4n) is 2.36. The number of carbonyl (C=O) groups is 1. The summed E-state index contributed by atoms with van der Waals surface area (Å²) in [5.41, 5.74) is 0.390. The fourth-order valence-corrected chi connectivity index (χ4v) is 3.89. The smallest absolute Gasteiger partial charge is 0.328 e. The minimum absolute atomic E-state index is 0.216. The predicted octanol–water partition coefficient (Wildman–Crippen LogP) is 2.25. The molecule has 0 radical (unpaired) electrons. The van der Waals surface area contributed by atoms with Crippen LogP contribution in [-0.4, -0.2) is 29.7 Å². The van der Waals surface area contributed by atoms with E-state index in [1.54, 1.807) is 18.2 Å². The molecule has 1 heterocycles. The summed E-state index contributed by atoms with van der Waals surface area (Å²) in [6.07, 6.45) is 6.57. The molecule has 0 amide bonds. The lowest BCUT2D eigenvalue weighted by Gasteiger charge is -2.22. The Morgan fingerprint density at radius 2 is 2.00 bits per heavy atom. The quantitative estimate of drug-likeness (QED) is 0.813. The van der Waals surface area contributed by atoms with Gasteiger partial charge < -0.3 is 5.11 Å². The number of hydrogen-bond acceptors (Lipinski definition) is 4. The standard InChI is InChI=1S/C14H18N2O4S/c17-14(18)10-9-11-5-4-8-13(15-11)16-21(19,20)12-6-2-1-3-7-12/h4-5,8-10,12H,1-3,6-7H2,(H,15,16)(H,17,18). The largest absolute Gasteiger partial charge is 0.478 e. The van der Waals surface area contributed by atoms with E-state index >= 15 is 0 Å². The molecule has 1 aliphatic carbocycles. The van der Waals surface area contributed by atoms with Crippen molar-refractivity contribution in [1.82, 2.24) is 4.98 Å². The molecular formula is C14H18N2O4S. The molecule has 1 aromatic rings. The van der Waals surface area contributed by atoms with Gasteiger partial charge in [-0.25, -0.2) is 18.2 Å². The maximum Gasteiger partial charge on any atom is 0.328 e. The van der Waals surface area contributed by atoms with Crippen molar-refractivity contribution in [2.45, 2.75) is 37.4 Å². The van der Waals surface area contributed by atoms with Crippen LogP contribution in [0, 0.1) is 0 Å². The van der Waals surface area contributed by atoms with Crippen LogP contribution in [0.5, 0.6) is 0 Å². The highest BCUT2D eigenvalue weighted by molar-refractivity contribution is 7.93. The van der Waals surface area contributed by atoms with Gasteiger partial charge in [-0.15, -0.1) is 0 Å². The third kappa shape index (κ3) is 4.56. The molecule has 1 fully saturated rings. The zero-order valence-electron chi connectivity index (χ0n) is 11.5. The molecule has 1 saturated carbocycles. The van der Waals surface area contributed by atoms with E-state index < -0.39 is 16.0 Å². The van der Waals surface area contributed by atoms with E-state index in [0.717, 1.165) is 25.3 Å². The van der Waals surface area contributed by atoms with Gasteiger partial charge in [0.05, 0.1) is 10.9 Å². The molecule has 0 aromatic carbocycles. The van der Waals surface area contributed by atoms with Crippen molar-refractivity contribution in [3.8, 4) is 0 Å². The van der Waals surface area contributed by atoms with Gasteiger partial charge in [0.1, 0.15) is 5.82 Å². The van der Waals surface area contributed by atoms with Gasteiger partial charge in [-0.2, -0.15) is 0 Å². The van der Waals surface area contributed by atoms with E-state index in [9.17, 15) is 13.2 Å². The first-order valence-electron chi connectivity index (χ1n) is 6.87. The number of hydrogen-bond donors (Lipinski definition) is 2. The molecule has 1 aliphatic rings. The number of nitrogens with zero attached hydrogens (tertiary/aromatic N) is 1. The molecule has 114 valence electrons. The number of rotatable bonds is 5. The Balaban J connectivity index is 2.11. The lowest BCUT2D eigenvalue weighted by molar-refractivity contribution is -0.131. The summed E-state index contributed by atoms with van der Waals surface area (Å²) in [6, 6.07) is 4.80. The van der Waals surface area contributed by atoms with Crippen LogP contribution in [0.1, 0.15) is 37.8 Å². The van der Waals surface area contributed by atoms with Crippen LogP contribution < -0.4 is 4.72 Å². The summed E-state index contributed by atoms with van der Waals surface area (Å²) in [4.78, 5) is 14.6. The van der Waals surface area contributed by atoms with Crippen molar-refractivity contribution in [1.29, 1.82) is 0 Å². The van der Waals surface area contributed by atoms with Gasteiger partial charge in [0.25, 0.3) is 0 Å². The van der Waals surface area contributed by atoms with Gasteiger partial charge in [-0.3, -0.25) is 4.72 Å². The third-order valence-electron chi connectivity index (χ3n) is 3.41. The maximum atomic E-state index is 12.3. The second-order valence-corrected chi connectivity index (χ2v) is 6.99. The summed E-state index contributed by atoms with van der Waals surface area (Å²) in [5, 5.41) is 8.21. The van der Waals surface area contributed by atoms with Gasteiger partial charge in [0.15, 0.2) is 0 Å². The number of aromatic nitrogens is 1. The summed E-state index contributed by atoms with van der Waals surface area (Å²) < 4.78 is 27.0. The minimum Gasteiger partial charge on any atom is -0.478 e. The zero-order chi connectivity index (χ0) is 15.3. The van der Waals surface area contributed by atoms with Gasteiger partial charge in [0, 0.05) is 6.08 Å². The van der Waals surface area contributed by atoms with Crippen LogP contribution in [-0.2, 0) is 14.8 Å². The van der Waals surface area contributed by atoms with E-state index in [2.05, 4.69) is 9.71 Å². The van der Waals surface area contributed by atoms with Crippen molar-refractivity contribution in [2.75, 3.05) is 4.72 Å². The number of aliphatic carboxylic acids is 1. The van der Waals surface area contributed by atoms with E-state index in [-0.39, 0.29) is 11.1 Å². The summed E-state index contributed by atoms with van der Waals surface area (Å²) in [7, 11) is -3.44. The minimum atomic E-state index is -3.44. The van der Waals surface area contributed by atoms with Crippen LogP contribution >= 0.6 is 0 Å². The van der Waals surface area contributed by atoms with Crippen LogP contribution in [0.25, 0.3) is 6.08 Å². The monoisotopic (exact) mass is 310 g/mol. The summed E-state index contributed by atoms with van der Waals surface area (Å²) in [5.74, 6) is -0.863. The summed E-state index contributed by atoms with van der Waals surface area (Å²) in [6.45, 7) is 0. The van der Waals surface area contributed by atoms with Gasteiger partial charge in [-0.1, -0.05) is 25.3 Å². The van der Waals surface area contributed by atoms with Gasteiger partial charge in [-0.05, 0) is 31.1 Å². The lowest BCUT2D eigenvalue weighted by atomic mass is 10.0. The molecule has 2 N–H and O–H groups in total. The highest BCUT2D eigenvalue weighted by Gasteiger charge is 2.27. The van der Waals surface area contributed by atoms with E-state index in [0.29, 0.717) is 18.5 Å². The Morgan fingerprint density at radius 1 is 1.29 bits per heavy atom. The Bertz CT molecular complexity index is 634. The molecule has 0 atom stereocenters. The molecule has 0 bridgehead atoms. The summed E-state index contributed by atoms with van der Waals surface area (Å²) >= 11 is 0. The first-order valence-corrected chi connectivity index (χ1v) is 8.42. The van der Waals surface area contributed by atoms with Crippen molar-refractivity contribution in [3.63, 3.8) is 0 Å². The van der Waals surface area contributed by atoms with Crippen LogP contribution in [0.4, 0.5) is 5.82 Å². The van der Waals surface area contributed by atoms with E-state index in [1.807, 2.05) is 0 Å². The highest BCUT2D eigenvalue weighted by Crippen LogP contribution is 2.24. The third-order valence-corrected chi connectivity index (χ3v) is 5.25. The highest BCUT2D eigenvalue weighted by atomic mass is 32.2. The van der Waals surface area contributed by atoms with Crippen molar-refractivity contribution < 1.29 is 18.3 Å². The van der Waals surface area contributed by atoms with Crippen molar-refractivity contribution in [3.05, 3.63) is 30.0 Å². The maximum absolute atomic E-state index is 12.3. The Kier molecular flexibility index (Phi) is 4.95. The Labute approximate surface area is 124 Å². The number of carboxylic acid groups (broad SMARTS) is 1. The molecule has 1 aromatic heterocycles. The fraction of sp³-hybridized carbons (Fsp3) is 0.429. The number of carboxylic acids is 1. The normalized spacial score (nSPS) is 17.0. The molecule has 0 aliphatic heterocycles. The number of nitrogens with one attached hydrogen (secondary N) is 1. The van der Waals surface area contributed by atoms with Crippen molar-refractivity contribution in [2.24, 2.45) is 0 Å². The predicted molar refractivity (Wildman–Crippen MR) is 80.3 cm³/mol. The van der Waals surface area contributed by atoms with Crippen LogP contribution in [0.3, 0.4) is 0 Å². The SMILES string of the molecule is O=C(O)C=Cc1cccc(NS(=O)(=O)C2CCCCC2)n1. The number of pyridine rings is 1. The first kappa shape index (κ1) is 15.5. The van der Waals surface area contributed by atoms with E-state index in [4.69, 9.17) is 5.11 Å². The molecule has 7 heteroatoms. The molecular weight excluding hydrogens is 292 g/mol. The molecule has 0 unspecified atom stereocenters. The first-order chi connectivity index (χ1) is 9.97. The van der Waals surface area contributed by atoms with E-state index in [1.165, 1.54) is 6.08 Å². The zero-order valence-corrected chi connectivity index (χ0v) is 12.3. The average molecular weight is 310 g/mol. The van der Waals surface area contributed by atoms with Gasteiger partial charge >= 0.3 is 5.97 Å². The Morgan fingerprint density at radius 3 is 2.67 bits per heavy atom. The topological polar surface area (TPSA) is 96.4 Å². The molecule has 6 nitrogen and oxygen atoms in total. The second-order valence-electron chi connectivity index (χ2n) is 5.03. The average Bonchev–Trinajstić information content (AvgIpc) is 2.46.